The minimum atomic E-state index is -0.222. The molecule has 1 aromatic carbocycles. The lowest BCUT2D eigenvalue weighted by Crippen LogP contribution is -2.59. The fourth-order valence-corrected chi connectivity index (χ4v) is 7.02. The molecule has 4 atom stereocenters. The standard InChI is InChI=1S/C24H26N4O/c29-22(25-15-21-27-26-20-8-4-5-9-28(20)21)24-13-17-10-18(14-24)12-23(11-17,16-24)19-6-2-1-3-7-19/h1-9,17-18H,10-16H2,(H,25,29)/t17-,18+,23?,24?. The molecule has 1 amide bonds. The van der Waals surface area contributed by atoms with E-state index in [0.29, 0.717) is 18.4 Å². The number of nitrogens with one attached hydrogen (secondary N) is 1. The number of carbonyl (C=O) groups is 1. The van der Waals surface area contributed by atoms with E-state index in [2.05, 4.69) is 45.8 Å². The molecule has 2 unspecified atom stereocenters. The average Bonchev–Trinajstić information content (AvgIpc) is 3.15. The van der Waals surface area contributed by atoms with E-state index < -0.39 is 0 Å². The van der Waals surface area contributed by atoms with Crippen molar-refractivity contribution in [2.45, 2.75) is 50.5 Å². The maximum absolute atomic E-state index is 13.5. The van der Waals surface area contributed by atoms with Crippen LogP contribution in [0.2, 0.25) is 0 Å². The van der Waals surface area contributed by atoms with Crippen LogP contribution in [0.4, 0.5) is 0 Å². The average molecular weight is 386 g/mol. The van der Waals surface area contributed by atoms with E-state index >= 15 is 0 Å². The molecule has 3 aromatic rings. The first kappa shape index (κ1) is 17.2. The molecule has 0 saturated heterocycles. The second-order valence-electron chi connectivity index (χ2n) is 9.62. The van der Waals surface area contributed by atoms with Gasteiger partial charge in [0.15, 0.2) is 11.5 Å². The van der Waals surface area contributed by atoms with Gasteiger partial charge in [0.1, 0.15) is 0 Å². The maximum atomic E-state index is 13.5. The molecule has 4 bridgehead atoms. The van der Waals surface area contributed by atoms with Crippen molar-refractivity contribution >= 4 is 11.6 Å². The van der Waals surface area contributed by atoms with Gasteiger partial charge < -0.3 is 5.32 Å². The van der Waals surface area contributed by atoms with E-state index in [1.807, 2.05) is 28.8 Å². The summed E-state index contributed by atoms with van der Waals surface area (Å²) in [5, 5.41) is 11.7. The summed E-state index contributed by atoms with van der Waals surface area (Å²) in [6, 6.07) is 16.8. The van der Waals surface area contributed by atoms with Gasteiger partial charge in [-0.3, -0.25) is 9.20 Å². The highest BCUT2D eigenvalue weighted by molar-refractivity contribution is 5.83. The van der Waals surface area contributed by atoms with Gasteiger partial charge in [0.2, 0.25) is 5.91 Å². The third kappa shape index (κ3) is 2.63. The van der Waals surface area contributed by atoms with Crippen molar-refractivity contribution in [1.82, 2.24) is 19.9 Å². The van der Waals surface area contributed by atoms with Gasteiger partial charge in [-0.15, -0.1) is 10.2 Å². The van der Waals surface area contributed by atoms with Crippen LogP contribution in [0, 0.1) is 17.3 Å². The van der Waals surface area contributed by atoms with Crippen molar-refractivity contribution in [3.63, 3.8) is 0 Å². The predicted octanol–water partition coefficient (Wildman–Crippen LogP) is 3.88. The van der Waals surface area contributed by atoms with Crippen LogP contribution in [0.3, 0.4) is 0 Å². The molecule has 4 fully saturated rings. The summed E-state index contributed by atoms with van der Waals surface area (Å²) in [4.78, 5) is 13.5. The summed E-state index contributed by atoms with van der Waals surface area (Å²) in [7, 11) is 0. The summed E-state index contributed by atoms with van der Waals surface area (Å²) in [5.41, 5.74) is 2.22. The van der Waals surface area contributed by atoms with E-state index in [0.717, 1.165) is 30.7 Å². The van der Waals surface area contributed by atoms with Crippen LogP contribution in [-0.2, 0) is 16.8 Å². The van der Waals surface area contributed by atoms with Crippen LogP contribution in [-0.4, -0.2) is 20.5 Å². The smallest absolute Gasteiger partial charge is 0.226 e. The molecular formula is C24H26N4O. The molecule has 0 spiro atoms. The largest absolute Gasteiger partial charge is 0.348 e. The number of hydrogen-bond acceptors (Lipinski definition) is 3. The van der Waals surface area contributed by atoms with Gasteiger partial charge in [-0.25, -0.2) is 0 Å². The highest BCUT2D eigenvalue weighted by atomic mass is 16.2. The van der Waals surface area contributed by atoms with Crippen molar-refractivity contribution in [2.75, 3.05) is 0 Å². The molecule has 4 aliphatic rings. The molecule has 4 aliphatic carbocycles. The number of rotatable bonds is 4. The number of carbonyl (C=O) groups excluding carboxylic acids is 1. The fraction of sp³-hybridized carbons (Fsp3) is 0.458. The molecule has 5 nitrogen and oxygen atoms in total. The first-order chi connectivity index (χ1) is 14.2. The second kappa shape index (κ2) is 6.15. The van der Waals surface area contributed by atoms with Crippen LogP contribution >= 0.6 is 0 Å². The van der Waals surface area contributed by atoms with Crippen LogP contribution in [0.25, 0.3) is 5.65 Å². The molecule has 2 aromatic heterocycles. The summed E-state index contributed by atoms with van der Waals surface area (Å²) in [5.74, 6) is 2.36. The number of aromatic nitrogens is 3. The Labute approximate surface area is 170 Å². The number of fused-ring (bicyclic) bond motifs is 1. The number of nitrogens with zero attached hydrogens (tertiary/aromatic N) is 3. The van der Waals surface area contributed by atoms with Crippen LogP contribution in [0.1, 0.15) is 49.9 Å². The van der Waals surface area contributed by atoms with E-state index in [1.165, 1.54) is 24.8 Å². The summed E-state index contributed by atoms with van der Waals surface area (Å²) < 4.78 is 1.95. The van der Waals surface area contributed by atoms with Gasteiger partial charge in [0.05, 0.1) is 12.0 Å². The molecule has 29 heavy (non-hydrogen) atoms. The Balaban J connectivity index is 1.27. The maximum Gasteiger partial charge on any atom is 0.226 e. The Morgan fingerprint density at radius 2 is 1.76 bits per heavy atom. The lowest BCUT2D eigenvalue weighted by molar-refractivity contribution is -0.149. The minimum absolute atomic E-state index is 0.185. The van der Waals surface area contributed by atoms with Crippen molar-refractivity contribution < 1.29 is 4.79 Å². The van der Waals surface area contributed by atoms with Gasteiger partial charge >= 0.3 is 0 Å². The van der Waals surface area contributed by atoms with Gasteiger partial charge in [-0.05, 0) is 73.5 Å². The Hall–Kier alpha value is -2.69. The fourth-order valence-electron chi connectivity index (χ4n) is 7.02. The lowest BCUT2D eigenvalue weighted by atomic mass is 9.42. The zero-order valence-electron chi connectivity index (χ0n) is 16.6. The Morgan fingerprint density at radius 1 is 1.00 bits per heavy atom. The van der Waals surface area contributed by atoms with E-state index in [4.69, 9.17) is 0 Å². The topological polar surface area (TPSA) is 59.3 Å². The second-order valence-corrected chi connectivity index (χ2v) is 9.62. The van der Waals surface area contributed by atoms with Crippen molar-refractivity contribution in [1.29, 1.82) is 0 Å². The van der Waals surface area contributed by atoms with Gasteiger partial charge in [-0.2, -0.15) is 0 Å². The Bertz CT molecular complexity index is 1060. The van der Waals surface area contributed by atoms with E-state index in [-0.39, 0.29) is 16.7 Å². The van der Waals surface area contributed by atoms with E-state index in [1.54, 1.807) is 0 Å². The number of pyridine rings is 1. The highest BCUT2D eigenvalue weighted by Crippen LogP contribution is 2.65. The molecule has 5 heteroatoms. The summed E-state index contributed by atoms with van der Waals surface area (Å²) in [6.07, 6.45) is 8.83. The summed E-state index contributed by atoms with van der Waals surface area (Å²) in [6.45, 7) is 0.430. The first-order valence-electron chi connectivity index (χ1n) is 10.8. The van der Waals surface area contributed by atoms with Crippen molar-refractivity contribution in [3.05, 3.63) is 66.1 Å². The highest BCUT2D eigenvalue weighted by Gasteiger charge is 2.60. The number of benzene rings is 1. The number of amides is 1. The van der Waals surface area contributed by atoms with Crippen molar-refractivity contribution in [2.24, 2.45) is 17.3 Å². The molecule has 0 radical (unpaired) electrons. The normalized spacial score (nSPS) is 32.6. The van der Waals surface area contributed by atoms with Crippen LogP contribution in [0.5, 0.6) is 0 Å². The van der Waals surface area contributed by atoms with Gasteiger partial charge in [-0.1, -0.05) is 36.4 Å². The van der Waals surface area contributed by atoms with Crippen LogP contribution in [0.15, 0.2) is 54.7 Å². The lowest BCUT2D eigenvalue weighted by Gasteiger charge is -2.61. The zero-order valence-corrected chi connectivity index (χ0v) is 16.6. The Kier molecular flexibility index (Phi) is 3.65. The van der Waals surface area contributed by atoms with E-state index in [9.17, 15) is 4.79 Å². The molecule has 148 valence electrons. The molecule has 4 saturated carbocycles. The first-order valence-corrected chi connectivity index (χ1v) is 10.8. The molecule has 1 N–H and O–H groups in total. The quantitative estimate of drug-likeness (QED) is 0.740. The summed E-state index contributed by atoms with van der Waals surface area (Å²) >= 11 is 0. The SMILES string of the molecule is O=C(NCc1nnc2ccccn12)C12C[C@H]3C[C@@H](C1)CC(c1ccccc1)(C3)C2. The minimum Gasteiger partial charge on any atom is -0.348 e. The molecule has 2 heterocycles. The number of hydrogen-bond donors (Lipinski definition) is 1. The molecule has 7 rings (SSSR count). The van der Waals surface area contributed by atoms with Gasteiger partial charge in [0, 0.05) is 6.20 Å². The predicted molar refractivity (Wildman–Crippen MR) is 110 cm³/mol. The molecule has 0 aliphatic heterocycles. The third-order valence-electron chi connectivity index (χ3n) is 7.72. The van der Waals surface area contributed by atoms with Crippen LogP contribution < -0.4 is 5.32 Å². The Morgan fingerprint density at radius 3 is 2.55 bits per heavy atom. The monoisotopic (exact) mass is 386 g/mol. The third-order valence-corrected chi connectivity index (χ3v) is 7.72. The zero-order chi connectivity index (χ0) is 19.5. The van der Waals surface area contributed by atoms with Crippen molar-refractivity contribution in [3.8, 4) is 0 Å². The van der Waals surface area contributed by atoms with Gasteiger partial charge in [0.25, 0.3) is 0 Å². The molecular weight excluding hydrogens is 360 g/mol.